The van der Waals surface area contributed by atoms with Crippen LogP contribution >= 0.6 is 0 Å². The number of ether oxygens (including phenoxy) is 5. The standard InChI is InChI=1S/C11H22O6/c1-11(12)10(16-5)9(15-4)8(14-3)7(17-11)6-13-2/h7-10,12H,6H2,1-5H3/t7-,8-,9+,10-,11?/m1/s1/i2D,3D,4D,5D. The Balaban J connectivity index is 2.97. The van der Waals surface area contributed by atoms with E-state index >= 15 is 0 Å². The minimum absolute atomic E-state index is 0.0320. The summed E-state index contributed by atoms with van der Waals surface area (Å²) in [6.07, 6.45) is -3.51. The molecule has 0 radical (unpaired) electrons. The van der Waals surface area contributed by atoms with Crippen molar-refractivity contribution >= 4 is 0 Å². The highest BCUT2D eigenvalue weighted by Gasteiger charge is 2.52. The number of aliphatic hydroxyl groups is 1. The number of rotatable bonds is 5. The number of methoxy groups -OCH3 is 4. The summed E-state index contributed by atoms with van der Waals surface area (Å²) in [5, 5.41) is 10.3. The van der Waals surface area contributed by atoms with E-state index in [0.29, 0.717) is 0 Å². The third-order valence-corrected chi connectivity index (χ3v) is 2.75. The van der Waals surface area contributed by atoms with E-state index in [-0.39, 0.29) is 20.8 Å². The maximum atomic E-state index is 10.3. The van der Waals surface area contributed by atoms with Crippen molar-refractivity contribution in [3.8, 4) is 0 Å². The molecule has 0 bridgehead atoms. The van der Waals surface area contributed by atoms with Gasteiger partial charge in [0.05, 0.1) is 12.1 Å². The van der Waals surface area contributed by atoms with Crippen molar-refractivity contribution in [3.63, 3.8) is 0 Å². The van der Waals surface area contributed by atoms with Crippen LogP contribution in [0.5, 0.6) is 0 Å². The van der Waals surface area contributed by atoms with E-state index in [1.807, 2.05) is 0 Å². The molecule has 5 atom stereocenters. The summed E-state index contributed by atoms with van der Waals surface area (Å²) in [5.41, 5.74) is 0. The summed E-state index contributed by atoms with van der Waals surface area (Å²) < 4.78 is 54.7. The van der Waals surface area contributed by atoms with E-state index in [2.05, 4.69) is 0 Å². The Morgan fingerprint density at radius 3 is 2.53 bits per heavy atom. The Kier molecular flexibility index (Phi) is 3.46. The van der Waals surface area contributed by atoms with Gasteiger partial charge >= 0.3 is 0 Å². The second-order valence-electron chi connectivity index (χ2n) is 3.93. The van der Waals surface area contributed by atoms with Crippen LogP contribution < -0.4 is 0 Å². The van der Waals surface area contributed by atoms with E-state index in [1.54, 1.807) is 0 Å². The summed E-state index contributed by atoms with van der Waals surface area (Å²) in [7, 11) is -1.49. The molecule has 0 aromatic carbocycles. The highest BCUT2D eigenvalue weighted by molar-refractivity contribution is 4.96. The Labute approximate surface area is 107 Å². The van der Waals surface area contributed by atoms with Gasteiger partial charge in [0.15, 0.2) is 5.79 Å². The van der Waals surface area contributed by atoms with Gasteiger partial charge in [-0.3, -0.25) is 0 Å². The van der Waals surface area contributed by atoms with E-state index < -0.39 is 44.4 Å². The van der Waals surface area contributed by atoms with Crippen LogP contribution in [0.2, 0.25) is 0 Å². The van der Waals surface area contributed by atoms with Crippen LogP contribution in [0.1, 0.15) is 12.4 Å². The van der Waals surface area contributed by atoms with Crippen molar-refractivity contribution in [2.45, 2.75) is 37.1 Å². The van der Waals surface area contributed by atoms with Gasteiger partial charge in [0.25, 0.3) is 0 Å². The lowest BCUT2D eigenvalue weighted by Crippen LogP contribution is -2.65. The molecular weight excluding hydrogens is 228 g/mol. The van der Waals surface area contributed by atoms with Crippen LogP contribution in [0.4, 0.5) is 0 Å². The molecule has 0 saturated carbocycles. The first-order valence-electron chi connectivity index (χ1n) is 7.84. The van der Waals surface area contributed by atoms with Crippen LogP contribution in [0, 0.1) is 0 Å². The average molecular weight is 254 g/mol. The van der Waals surface area contributed by atoms with Crippen LogP contribution in [0.3, 0.4) is 0 Å². The predicted molar refractivity (Wildman–Crippen MR) is 59.8 cm³/mol. The Morgan fingerprint density at radius 1 is 1.18 bits per heavy atom. The van der Waals surface area contributed by atoms with E-state index in [4.69, 9.17) is 29.2 Å². The molecule has 102 valence electrons. The summed E-state index contributed by atoms with van der Waals surface area (Å²) in [4.78, 5) is 0. The Morgan fingerprint density at radius 2 is 1.88 bits per heavy atom. The van der Waals surface area contributed by atoms with Gasteiger partial charge in [-0.15, -0.1) is 0 Å². The molecule has 1 aliphatic rings. The fourth-order valence-corrected chi connectivity index (χ4v) is 2.01. The zero-order valence-electron chi connectivity index (χ0n) is 13.8. The largest absolute Gasteiger partial charge is 0.382 e. The van der Waals surface area contributed by atoms with Crippen molar-refractivity contribution in [3.05, 3.63) is 0 Å². The lowest BCUT2D eigenvalue weighted by molar-refractivity contribution is -0.351. The molecular formula is C11H22O6. The molecule has 1 rings (SSSR count). The summed E-state index contributed by atoms with van der Waals surface area (Å²) >= 11 is 0. The highest BCUT2D eigenvalue weighted by atomic mass is 16.7. The van der Waals surface area contributed by atoms with E-state index in [9.17, 15) is 5.11 Å². The third kappa shape index (κ3) is 2.96. The first-order chi connectivity index (χ1) is 10.0. The van der Waals surface area contributed by atoms with Crippen molar-refractivity contribution in [1.82, 2.24) is 0 Å². The summed E-state index contributed by atoms with van der Waals surface area (Å²) in [6.45, 7) is 1.33. The van der Waals surface area contributed by atoms with Gasteiger partial charge in [-0.2, -0.15) is 0 Å². The minimum atomic E-state index is -1.77. The molecule has 1 saturated heterocycles. The number of hydrogen-bond donors (Lipinski definition) is 1. The van der Waals surface area contributed by atoms with Gasteiger partial charge in [-0.05, 0) is 6.92 Å². The predicted octanol–water partition coefficient (Wildman–Crippen LogP) is -0.215. The maximum absolute atomic E-state index is 10.3. The van der Waals surface area contributed by atoms with Crippen LogP contribution in [0.15, 0.2) is 0 Å². The van der Waals surface area contributed by atoms with E-state index in [1.165, 1.54) is 6.92 Å². The smallest absolute Gasteiger partial charge is 0.192 e. The fraction of sp³-hybridized carbons (Fsp3) is 1.00. The van der Waals surface area contributed by atoms with Crippen molar-refractivity contribution in [2.24, 2.45) is 0 Å². The van der Waals surface area contributed by atoms with Gasteiger partial charge in [0.1, 0.15) is 24.4 Å². The van der Waals surface area contributed by atoms with Crippen molar-refractivity contribution in [1.29, 1.82) is 0 Å². The van der Waals surface area contributed by atoms with Crippen LogP contribution in [0.25, 0.3) is 0 Å². The SMILES string of the molecule is [2H]COC[C@H]1OC(C)(O)[C@H](OC[2H])[C@@H](OC[2H])[C@@H]1OC[2H]. The molecule has 1 heterocycles. The summed E-state index contributed by atoms with van der Waals surface area (Å²) in [5.74, 6) is -1.77. The van der Waals surface area contributed by atoms with Gasteiger partial charge in [0, 0.05) is 28.3 Å². The molecule has 1 fully saturated rings. The lowest BCUT2D eigenvalue weighted by Gasteiger charge is -2.47. The molecule has 1 N–H and O–H groups in total. The number of hydrogen-bond acceptors (Lipinski definition) is 6. The Hall–Kier alpha value is -0.240. The quantitative estimate of drug-likeness (QED) is 0.732. The molecule has 0 amide bonds. The zero-order chi connectivity index (χ0) is 15.9. The molecule has 6 nitrogen and oxygen atoms in total. The molecule has 0 aromatic heterocycles. The lowest BCUT2D eigenvalue weighted by atomic mass is 9.93. The van der Waals surface area contributed by atoms with E-state index in [0.717, 1.165) is 0 Å². The second kappa shape index (κ2) is 6.08. The topological polar surface area (TPSA) is 66.4 Å². The Bertz CT molecular complexity index is 296. The average Bonchev–Trinajstić information content (AvgIpc) is 2.44. The summed E-state index contributed by atoms with van der Waals surface area (Å²) in [6, 6.07) is 0. The molecule has 0 spiro atoms. The molecule has 0 aliphatic carbocycles. The van der Waals surface area contributed by atoms with Gasteiger partial charge in [0.2, 0.25) is 0 Å². The zero-order valence-corrected chi connectivity index (χ0v) is 9.83. The third-order valence-electron chi connectivity index (χ3n) is 2.75. The van der Waals surface area contributed by atoms with Crippen molar-refractivity contribution < 1.29 is 34.3 Å². The van der Waals surface area contributed by atoms with Gasteiger partial charge < -0.3 is 28.8 Å². The van der Waals surface area contributed by atoms with Crippen LogP contribution in [-0.4, -0.2) is 70.3 Å². The second-order valence-corrected chi connectivity index (χ2v) is 3.93. The minimum Gasteiger partial charge on any atom is -0.382 e. The van der Waals surface area contributed by atoms with Crippen LogP contribution in [-0.2, 0) is 23.7 Å². The first kappa shape index (κ1) is 9.66. The maximum Gasteiger partial charge on any atom is 0.192 e. The molecule has 0 aromatic rings. The monoisotopic (exact) mass is 254 g/mol. The highest BCUT2D eigenvalue weighted by Crippen LogP contribution is 2.32. The normalized spacial score (nSPS) is 45.8. The van der Waals surface area contributed by atoms with Gasteiger partial charge in [-0.25, -0.2) is 0 Å². The molecule has 17 heavy (non-hydrogen) atoms. The fourth-order valence-electron chi connectivity index (χ4n) is 2.01. The first-order valence-corrected chi connectivity index (χ1v) is 5.01. The van der Waals surface area contributed by atoms with Crippen molar-refractivity contribution in [2.75, 3.05) is 35.0 Å². The molecule has 1 unspecified atom stereocenters. The molecule has 6 heteroatoms. The van der Waals surface area contributed by atoms with Gasteiger partial charge in [-0.1, -0.05) is 0 Å². The molecule has 1 aliphatic heterocycles.